The van der Waals surface area contributed by atoms with E-state index in [-0.39, 0.29) is 5.78 Å². The molecule has 2 heteroatoms. The molecule has 0 aromatic carbocycles. The van der Waals surface area contributed by atoms with Crippen LogP contribution in [0.25, 0.3) is 0 Å². The minimum absolute atomic E-state index is 0.0920. The first-order valence-electron chi connectivity index (χ1n) is 4.99. The third-order valence-electron chi connectivity index (χ3n) is 3.45. The van der Waals surface area contributed by atoms with Crippen molar-refractivity contribution in [2.24, 2.45) is 5.92 Å². The molecular weight excluding hydrogens is 152 g/mol. The molecule has 0 aromatic heterocycles. The van der Waals surface area contributed by atoms with E-state index in [9.17, 15) is 9.90 Å². The minimum atomic E-state index is -0.888. The van der Waals surface area contributed by atoms with Crippen LogP contribution in [0.2, 0.25) is 0 Å². The van der Waals surface area contributed by atoms with E-state index in [4.69, 9.17) is 0 Å². The molecule has 2 fully saturated rings. The van der Waals surface area contributed by atoms with E-state index in [2.05, 4.69) is 0 Å². The Bertz CT molecular complexity index is 200. The van der Waals surface area contributed by atoms with Crippen LogP contribution >= 0.6 is 0 Å². The Morgan fingerprint density at radius 3 is 2.75 bits per heavy atom. The van der Waals surface area contributed by atoms with Crippen molar-refractivity contribution in [3.05, 3.63) is 0 Å². The highest BCUT2D eigenvalue weighted by Gasteiger charge is 2.52. The predicted molar refractivity (Wildman–Crippen MR) is 45.8 cm³/mol. The van der Waals surface area contributed by atoms with Crippen molar-refractivity contribution in [1.29, 1.82) is 0 Å². The number of rotatable bonds is 0. The van der Waals surface area contributed by atoms with E-state index in [0.717, 1.165) is 19.3 Å². The van der Waals surface area contributed by atoms with Gasteiger partial charge in [0.1, 0.15) is 5.60 Å². The lowest BCUT2D eigenvalue weighted by Gasteiger charge is -2.45. The van der Waals surface area contributed by atoms with Gasteiger partial charge in [-0.05, 0) is 12.8 Å². The lowest BCUT2D eigenvalue weighted by atomic mass is 9.63. The van der Waals surface area contributed by atoms with Gasteiger partial charge in [-0.25, -0.2) is 0 Å². The van der Waals surface area contributed by atoms with Crippen LogP contribution in [0.3, 0.4) is 0 Å². The normalized spacial score (nSPS) is 42.4. The van der Waals surface area contributed by atoms with Crippen LogP contribution in [0, 0.1) is 5.92 Å². The number of carbonyl (C=O) groups is 1. The average Bonchev–Trinajstić information content (AvgIpc) is 2.06. The van der Waals surface area contributed by atoms with Crippen molar-refractivity contribution in [1.82, 2.24) is 0 Å². The largest absolute Gasteiger partial charge is 0.382 e. The van der Waals surface area contributed by atoms with Crippen LogP contribution < -0.4 is 0 Å². The second-order valence-electron chi connectivity index (χ2n) is 4.20. The van der Waals surface area contributed by atoms with Crippen LogP contribution in [0.15, 0.2) is 0 Å². The highest BCUT2D eigenvalue weighted by atomic mass is 16.3. The Morgan fingerprint density at radius 2 is 2.00 bits per heavy atom. The van der Waals surface area contributed by atoms with Crippen LogP contribution in [0.5, 0.6) is 0 Å². The topological polar surface area (TPSA) is 37.3 Å². The first-order valence-corrected chi connectivity index (χ1v) is 4.99. The number of carbonyl (C=O) groups excluding carboxylic acids is 1. The van der Waals surface area contributed by atoms with E-state index in [0.29, 0.717) is 12.3 Å². The predicted octanol–water partition coefficient (Wildman–Crippen LogP) is 1.66. The Balaban J connectivity index is 2.05. The summed E-state index contributed by atoms with van der Waals surface area (Å²) in [6.07, 6.45) is 7.09. The number of fused-ring (bicyclic) bond motifs is 1. The van der Waals surface area contributed by atoms with Gasteiger partial charge in [-0.3, -0.25) is 4.79 Å². The zero-order valence-corrected chi connectivity index (χ0v) is 7.38. The number of ketones is 1. The van der Waals surface area contributed by atoms with E-state index in [1.54, 1.807) is 0 Å². The number of hydrogen-bond acceptors (Lipinski definition) is 2. The summed E-state index contributed by atoms with van der Waals surface area (Å²) in [5.74, 6) is 0.389. The molecule has 0 aromatic rings. The first-order chi connectivity index (χ1) is 5.73. The molecule has 0 amide bonds. The molecule has 12 heavy (non-hydrogen) atoms. The van der Waals surface area contributed by atoms with Crippen molar-refractivity contribution in [2.75, 3.05) is 0 Å². The van der Waals surface area contributed by atoms with Gasteiger partial charge in [-0.1, -0.05) is 25.7 Å². The molecule has 2 atom stereocenters. The molecule has 2 nitrogen and oxygen atoms in total. The number of hydrogen-bond donors (Lipinski definition) is 1. The molecule has 2 aliphatic rings. The lowest BCUT2D eigenvalue weighted by molar-refractivity contribution is -0.165. The summed E-state index contributed by atoms with van der Waals surface area (Å²) in [5.41, 5.74) is -0.888. The van der Waals surface area contributed by atoms with E-state index >= 15 is 0 Å². The van der Waals surface area contributed by atoms with Crippen LogP contribution in [0.1, 0.15) is 44.9 Å². The quantitative estimate of drug-likeness (QED) is 0.597. The molecule has 0 radical (unpaired) electrons. The van der Waals surface area contributed by atoms with Crippen molar-refractivity contribution < 1.29 is 9.90 Å². The number of Topliss-reactive ketones (excluding diaryl/α,β-unsaturated/α-hetero) is 1. The van der Waals surface area contributed by atoms with Gasteiger partial charge < -0.3 is 5.11 Å². The molecule has 0 heterocycles. The Labute approximate surface area is 73.0 Å². The molecule has 68 valence electrons. The second-order valence-corrected chi connectivity index (χ2v) is 4.20. The minimum Gasteiger partial charge on any atom is -0.382 e. The highest BCUT2D eigenvalue weighted by Crippen LogP contribution is 2.43. The van der Waals surface area contributed by atoms with E-state index < -0.39 is 5.60 Å². The smallest absolute Gasteiger partial charge is 0.165 e. The molecule has 0 spiro atoms. The van der Waals surface area contributed by atoms with Crippen LogP contribution in [-0.4, -0.2) is 16.5 Å². The number of aliphatic hydroxyl groups is 1. The summed E-state index contributed by atoms with van der Waals surface area (Å²) < 4.78 is 0. The molecule has 0 aliphatic heterocycles. The summed E-state index contributed by atoms with van der Waals surface area (Å²) in [7, 11) is 0. The first kappa shape index (κ1) is 8.24. The summed E-state index contributed by atoms with van der Waals surface area (Å²) in [6.45, 7) is 0. The van der Waals surface area contributed by atoms with Crippen molar-refractivity contribution in [2.45, 2.75) is 50.5 Å². The molecule has 1 N–H and O–H groups in total. The van der Waals surface area contributed by atoms with Crippen LogP contribution in [0.4, 0.5) is 0 Å². The Kier molecular flexibility index (Phi) is 1.95. The fourth-order valence-corrected chi connectivity index (χ4v) is 2.49. The summed E-state index contributed by atoms with van der Waals surface area (Å²) in [5, 5.41) is 9.95. The molecular formula is C10H16O2. The average molecular weight is 168 g/mol. The third-order valence-corrected chi connectivity index (χ3v) is 3.45. The standard InChI is InChI=1S/C10H16O2/c11-9-7-8-5-3-1-2-4-6-10(8,9)12/h8,12H,1-7H2/t8-,10+/m1/s1. The van der Waals surface area contributed by atoms with Gasteiger partial charge >= 0.3 is 0 Å². The Hall–Kier alpha value is -0.370. The van der Waals surface area contributed by atoms with Gasteiger partial charge in [0.25, 0.3) is 0 Å². The molecule has 2 saturated carbocycles. The molecule has 0 unspecified atom stereocenters. The fraction of sp³-hybridized carbons (Fsp3) is 0.900. The monoisotopic (exact) mass is 168 g/mol. The second kappa shape index (κ2) is 2.84. The van der Waals surface area contributed by atoms with Gasteiger partial charge in [0.15, 0.2) is 5.78 Å². The maximum atomic E-state index is 11.2. The SMILES string of the molecule is O=C1C[C@H]2CCCCCC[C@@]12O. The lowest BCUT2D eigenvalue weighted by Crippen LogP contribution is -2.56. The van der Waals surface area contributed by atoms with Gasteiger partial charge in [0.2, 0.25) is 0 Å². The van der Waals surface area contributed by atoms with Gasteiger partial charge in [-0.2, -0.15) is 0 Å². The molecule has 0 saturated heterocycles. The Morgan fingerprint density at radius 1 is 1.25 bits per heavy atom. The maximum Gasteiger partial charge on any atom is 0.165 e. The molecule has 2 rings (SSSR count). The van der Waals surface area contributed by atoms with Crippen molar-refractivity contribution >= 4 is 5.78 Å². The fourth-order valence-electron chi connectivity index (χ4n) is 2.49. The summed E-state index contributed by atoms with van der Waals surface area (Å²) in [6, 6.07) is 0. The van der Waals surface area contributed by atoms with Gasteiger partial charge in [0, 0.05) is 12.3 Å². The van der Waals surface area contributed by atoms with Gasteiger partial charge in [-0.15, -0.1) is 0 Å². The molecule has 0 bridgehead atoms. The van der Waals surface area contributed by atoms with E-state index in [1.807, 2.05) is 0 Å². The zero-order chi connectivity index (χ0) is 8.60. The summed E-state index contributed by atoms with van der Waals surface area (Å²) >= 11 is 0. The van der Waals surface area contributed by atoms with Crippen molar-refractivity contribution in [3.63, 3.8) is 0 Å². The van der Waals surface area contributed by atoms with Crippen LogP contribution in [-0.2, 0) is 4.79 Å². The van der Waals surface area contributed by atoms with E-state index in [1.165, 1.54) is 19.3 Å². The molecule has 2 aliphatic carbocycles. The summed E-state index contributed by atoms with van der Waals surface area (Å²) in [4.78, 5) is 11.2. The maximum absolute atomic E-state index is 11.2. The highest BCUT2D eigenvalue weighted by molar-refractivity contribution is 5.93. The van der Waals surface area contributed by atoms with Crippen molar-refractivity contribution in [3.8, 4) is 0 Å². The third kappa shape index (κ3) is 1.09. The zero-order valence-electron chi connectivity index (χ0n) is 7.38. The van der Waals surface area contributed by atoms with Gasteiger partial charge in [0.05, 0.1) is 0 Å².